The van der Waals surface area contributed by atoms with Gasteiger partial charge >= 0.3 is 12.0 Å². The molecule has 1 aliphatic rings. The van der Waals surface area contributed by atoms with E-state index in [-0.39, 0.29) is 6.03 Å². The fraction of sp³-hybridized carbons (Fsp3) is 0.500. The maximum atomic E-state index is 12.1. The topological polar surface area (TPSA) is 85.8 Å². The van der Waals surface area contributed by atoms with Crippen LogP contribution in [0.3, 0.4) is 0 Å². The molecule has 1 atom stereocenters. The predicted molar refractivity (Wildman–Crippen MR) is 78.2 cm³/mol. The second kappa shape index (κ2) is 6.53. The number of carbonyl (C=O) groups is 2. The Morgan fingerprint density at radius 2 is 1.95 bits per heavy atom. The summed E-state index contributed by atoms with van der Waals surface area (Å²) in [4.78, 5) is 30.7. The van der Waals surface area contributed by atoms with E-state index >= 15 is 0 Å². The van der Waals surface area contributed by atoms with Crippen molar-refractivity contribution in [3.05, 3.63) is 24.0 Å². The first-order valence-corrected chi connectivity index (χ1v) is 6.92. The number of carboxylic acids is 1. The van der Waals surface area contributed by atoms with E-state index in [1.807, 2.05) is 17.9 Å². The smallest absolute Gasteiger partial charge is 0.321 e. The first kappa shape index (κ1) is 15.2. The van der Waals surface area contributed by atoms with E-state index in [4.69, 9.17) is 5.11 Å². The molecule has 1 aromatic rings. The van der Waals surface area contributed by atoms with Gasteiger partial charge in [0.2, 0.25) is 0 Å². The molecule has 2 amide bonds. The van der Waals surface area contributed by atoms with Crippen LogP contribution in [0.15, 0.2) is 18.5 Å². The zero-order valence-corrected chi connectivity index (χ0v) is 12.2. The number of carboxylic acid groups (broad SMARTS) is 1. The molecule has 0 aliphatic carbocycles. The van der Waals surface area contributed by atoms with Crippen molar-refractivity contribution in [2.45, 2.75) is 19.9 Å². The Bertz CT molecular complexity index is 527. The Hall–Kier alpha value is -2.15. The van der Waals surface area contributed by atoms with Gasteiger partial charge in [-0.3, -0.25) is 14.7 Å². The number of amides is 2. The standard InChI is InChI=1S/C14H20N4O3/c1-10-7-12(9-15-8-10)16-14(21)18-5-3-17(4-6-18)11(2)13(19)20/h7-9,11H,3-6H2,1-2H3,(H,16,21)(H,19,20). The summed E-state index contributed by atoms with van der Waals surface area (Å²) >= 11 is 0. The molecule has 2 heterocycles. The Labute approximate surface area is 123 Å². The quantitative estimate of drug-likeness (QED) is 0.868. The maximum Gasteiger partial charge on any atom is 0.321 e. The van der Waals surface area contributed by atoms with Crippen LogP contribution in [0.2, 0.25) is 0 Å². The second-order valence-electron chi connectivity index (χ2n) is 5.22. The van der Waals surface area contributed by atoms with Crippen molar-refractivity contribution in [1.29, 1.82) is 0 Å². The molecular formula is C14H20N4O3. The van der Waals surface area contributed by atoms with Gasteiger partial charge < -0.3 is 15.3 Å². The molecule has 1 fully saturated rings. The Morgan fingerprint density at radius 1 is 1.29 bits per heavy atom. The first-order chi connectivity index (χ1) is 9.97. The minimum atomic E-state index is -0.835. The van der Waals surface area contributed by atoms with Gasteiger partial charge in [0.25, 0.3) is 0 Å². The molecule has 0 spiro atoms. The molecule has 0 saturated carbocycles. The molecule has 1 aromatic heterocycles. The molecule has 21 heavy (non-hydrogen) atoms. The number of urea groups is 1. The maximum absolute atomic E-state index is 12.1. The normalized spacial score (nSPS) is 17.3. The fourth-order valence-corrected chi connectivity index (χ4v) is 2.29. The van der Waals surface area contributed by atoms with E-state index in [9.17, 15) is 9.59 Å². The van der Waals surface area contributed by atoms with Crippen LogP contribution in [0, 0.1) is 6.92 Å². The molecule has 1 aliphatic heterocycles. The average molecular weight is 292 g/mol. The molecule has 7 heteroatoms. The van der Waals surface area contributed by atoms with Crippen molar-refractivity contribution >= 4 is 17.7 Å². The first-order valence-electron chi connectivity index (χ1n) is 6.92. The van der Waals surface area contributed by atoms with Crippen molar-refractivity contribution in [3.63, 3.8) is 0 Å². The van der Waals surface area contributed by atoms with E-state index in [1.54, 1.807) is 24.2 Å². The number of pyridine rings is 1. The minimum absolute atomic E-state index is 0.176. The van der Waals surface area contributed by atoms with Gasteiger partial charge in [-0.1, -0.05) is 0 Å². The molecular weight excluding hydrogens is 272 g/mol. The highest BCUT2D eigenvalue weighted by molar-refractivity contribution is 5.89. The third-order valence-corrected chi connectivity index (χ3v) is 3.63. The van der Waals surface area contributed by atoms with E-state index in [0.29, 0.717) is 31.9 Å². The SMILES string of the molecule is Cc1cncc(NC(=O)N2CCN(C(C)C(=O)O)CC2)c1. The summed E-state index contributed by atoms with van der Waals surface area (Å²) in [5.74, 6) is -0.835. The predicted octanol–water partition coefficient (Wildman–Crippen LogP) is 1.01. The van der Waals surface area contributed by atoms with Gasteiger partial charge in [-0.15, -0.1) is 0 Å². The molecule has 0 radical (unpaired) electrons. The number of anilines is 1. The largest absolute Gasteiger partial charge is 0.480 e. The van der Waals surface area contributed by atoms with Gasteiger partial charge in [0, 0.05) is 32.4 Å². The van der Waals surface area contributed by atoms with Gasteiger partial charge in [-0.05, 0) is 25.5 Å². The number of aliphatic carboxylic acids is 1. The second-order valence-corrected chi connectivity index (χ2v) is 5.22. The molecule has 7 nitrogen and oxygen atoms in total. The van der Waals surface area contributed by atoms with E-state index < -0.39 is 12.0 Å². The van der Waals surface area contributed by atoms with E-state index in [0.717, 1.165) is 5.56 Å². The Morgan fingerprint density at radius 3 is 2.52 bits per heavy atom. The van der Waals surface area contributed by atoms with Crippen molar-refractivity contribution in [1.82, 2.24) is 14.8 Å². The summed E-state index contributed by atoms with van der Waals surface area (Å²) in [6.45, 7) is 5.73. The Kier molecular flexibility index (Phi) is 4.74. The highest BCUT2D eigenvalue weighted by Crippen LogP contribution is 2.11. The van der Waals surface area contributed by atoms with Gasteiger partial charge in [0.05, 0.1) is 11.9 Å². The minimum Gasteiger partial charge on any atom is -0.480 e. The highest BCUT2D eigenvalue weighted by atomic mass is 16.4. The lowest BCUT2D eigenvalue weighted by Crippen LogP contribution is -2.53. The van der Waals surface area contributed by atoms with Gasteiger partial charge in [-0.2, -0.15) is 0 Å². The van der Waals surface area contributed by atoms with Gasteiger partial charge in [0.1, 0.15) is 6.04 Å². The summed E-state index contributed by atoms with van der Waals surface area (Å²) in [7, 11) is 0. The van der Waals surface area contributed by atoms with E-state index in [2.05, 4.69) is 10.3 Å². The lowest BCUT2D eigenvalue weighted by Gasteiger charge is -2.36. The van der Waals surface area contributed by atoms with Crippen molar-refractivity contribution < 1.29 is 14.7 Å². The third kappa shape index (κ3) is 3.91. The number of nitrogens with zero attached hydrogens (tertiary/aromatic N) is 3. The molecule has 1 unspecified atom stereocenters. The number of carbonyl (C=O) groups excluding carboxylic acids is 1. The summed E-state index contributed by atoms with van der Waals surface area (Å²) in [6, 6.07) is 1.16. The van der Waals surface area contributed by atoms with Crippen molar-refractivity contribution in [3.8, 4) is 0 Å². The lowest BCUT2D eigenvalue weighted by atomic mass is 10.2. The van der Waals surface area contributed by atoms with Crippen LogP contribution in [0.25, 0.3) is 0 Å². The molecule has 0 aromatic carbocycles. The number of aryl methyl sites for hydroxylation is 1. The third-order valence-electron chi connectivity index (χ3n) is 3.63. The van der Waals surface area contributed by atoms with Crippen LogP contribution >= 0.6 is 0 Å². The number of hydrogen-bond donors (Lipinski definition) is 2. The van der Waals surface area contributed by atoms with Crippen LogP contribution in [0.5, 0.6) is 0 Å². The number of hydrogen-bond acceptors (Lipinski definition) is 4. The molecule has 0 bridgehead atoms. The number of piperazine rings is 1. The lowest BCUT2D eigenvalue weighted by molar-refractivity contribution is -0.143. The monoisotopic (exact) mass is 292 g/mol. The van der Waals surface area contributed by atoms with E-state index in [1.165, 1.54) is 0 Å². The van der Waals surface area contributed by atoms with Crippen molar-refractivity contribution in [2.24, 2.45) is 0 Å². The summed E-state index contributed by atoms with van der Waals surface area (Å²) in [5, 5.41) is 11.8. The number of nitrogens with one attached hydrogen (secondary N) is 1. The highest BCUT2D eigenvalue weighted by Gasteiger charge is 2.27. The molecule has 2 N–H and O–H groups in total. The van der Waals surface area contributed by atoms with Crippen LogP contribution in [0.1, 0.15) is 12.5 Å². The van der Waals surface area contributed by atoms with Crippen LogP contribution in [0.4, 0.5) is 10.5 Å². The van der Waals surface area contributed by atoms with Gasteiger partial charge in [-0.25, -0.2) is 4.79 Å². The Balaban J connectivity index is 1.87. The van der Waals surface area contributed by atoms with Crippen LogP contribution in [-0.4, -0.2) is 64.1 Å². The zero-order chi connectivity index (χ0) is 15.4. The van der Waals surface area contributed by atoms with Crippen molar-refractivity contribution in [2.75, 3.05) is 31.5 Å². The summed E-state index contributed by atoms with van der Waals surface area (Å²) in [6.07, 6.45) is 3.33. The zero-order valence-electron chi connectivity index (χ0n) is 12.2. The molecule has 114 valence electrons. The molecule has 1 saturated heterocycles. The van der Waals surface area contributed by atoms with Crippen LogP contribution < -0.4 is 5.32 Å². The number of aromatic nitrogens is 1. The van der Waals surface area contributed by atoms with Crippen LogP contribution in [-0.2, 0) is 4.79 Å². The summed E-state index contributed by atoms with van der Waals surface area (Å²) in [5.41, 5.74) is 1.65. The summed E-state index contributed by atoms with van der Waals surface area (Å²) < 4.78 is 0. The molecule has 2 rings (SSSR count). The number of rotatable bonds is 3. The fourth-order valence-electron chi connectivity index (χ4n) is 2.29. The average Bonchev–Trinajstić information content (AvgIpc) is 2.46. The van der Waals surface area contributed by atoms with Gasteiger partial charge in [0.15, 0.2) is 0 Å².